The van der Waals surface area contributed by atoms with E-state index in [4.69, 9.17) is 0 Å². The quantitative estimate of drug-likeness (QED) is 0.779. The second kappa shape index (κ2) is 7.68. The van der Waals surface area contributed by atoms with Gasteiger partial charge in [-0.2, -0.15) is 0 Å². The third kappa shape index (κ3) is 4.64. The summed E-state index contributed by atoms with van der Waals surface area (Å²) in [6.07, 6.45) is 2.26. The number of rotatable bonds is 6. The molecule has 1 aromatic rings. The largest absolute Gasteiger partial charge is 0.351 e. The zero-order valence-electron chi connectivity index (χ0n) is 12.3. The van der Waals surface area contributed by atoms with Crippen molar-refractivity contribution in [2.45, 2.75) is 45.4 Å². The van der Waals surface area contributed by atoms with Gasteiger partial charge in [-0.25, -0.2) is 0 Å². The van der Waals surface area contributed by atoms with Crippen molar-refractivity contribution in [3.8, 4) is 0 Å². The van der Waals surface area contributed by atoms with Gasteiger partial charge >= 0.3 is 0 Å². The van der Waals surface area contributed by atoms with Crippen LogP contribution >= 0.6 is 15.9 Å². The lowest BCUT2D eigenvalue weighted by molar-refractivity contribution is 0.0951. The normalized spacial score (nSPS) is 12.5. The summed E-state index contributed by atoms with van der Waals surface area (Å²) >= 11 is 3.68. The van der Waals surface area contributed by atoms with Crippen LogP contribution in [0.5, 0.6) is 0 Å². The molecule has 0 aliphatic heterocycles. The van der Waals surface area contributed by atoms with Crippen LogP contribution in [0, 0.1) is 19.8 Å². The van der Waals surface area contributed by atoms with E-state index >= 15 is 0 Å². The maximum Gasteiger partial charge on any atom is 0.251 e. The zero-order chi connectivity index (χ0) is 14.4. The highest BCUT2D eigenvalue weighted by molar-refractivity contribution is 9.09. The van der Waals surface area contributed by atoms with Gasteiger partial charge < -0.3 is 5.32 Å². The van der Waals surface area contributed by atoms with Crippen molar-refractivity contribution < 1.29 is 4.79 Å². The van der Waals surface area contributed by atoms with Crippen LogP contribution in [0.4, 0.5) is 0 Å². The molecule has 19 heavy (non-hydrogen) atoms. The zero-order valence-corrected chi connectivity index (χ0v) is 13.9. The minimum absolute atomic E-state index is 0.0246. The van der Waals surface area contributed by atoms with Crippen LogP contribution in [0.3, 0.4) is 0 Å². The average Bonchev–Trinajstić information content (AvgIpc) is 2.40. The molecule has 1 aromatic carbocycles. The van der Waals surface area contributed by atoms with Gasteiger partial charge in [-0.15, -0.1) is 0 Å². The monoisotopic (exact) mass is 325 g/mol. The Bertz CT molecular complexity index is 427. The Labute approximate surface area is 125 Å². The molecule has 1 N–H and O–H groups in total. The minimum Gasteiger partial charge on any atom is -0.351 e. The number of hydrogen-bond donors (Lipinski definition) is 1. The Morgan fingerprint density at radius 1 is 1.26 bits per heavy atom. The van der Waals surface area contributed by atoms with Crippen molar-refractivity contribution >= 4 is 21.8 Å². The highest BCUT2D eigenvalue weighted by atomic mass is 79.9. The van der Waals surface area contributed by atoms with Gasteiger partial charge in [0, 0.05) is 16.9 Å². The Morgan fingerprint density at radius 3 is 2.47 bits per heavy atom. The molecular formula is C16H24BrNO. The van der Waals surface area contributed by atoms with Crippen molar-refractivity contribution in [3.05, 3.63) is 34.9 Å². The van der Waals surface area contributed by atoms with Gasteiger partial charge in [0.1, 0.15) is 0 Å². The van der Waals surface area contributed by atoms with E-state index in [0.29, 0.717) is 17.3 Å². The summed E-state index contributed by atoms with van der Waals surface area (Å²) < 4.78 is 0. The molecule has 0 fully saturated rings. The Hall–Kier alpha value is -0.830. The van der Waals surface area contributed by atoms with Crippen LogP contribution in [-0.2, 0) is 0 Å². The molecule has 1 amide bonds. The topological polar surface area (TPSA) is 29.1 Å². The molecule has 0 radical (unpaired) electrons. The van der Waals surface area contributed by atoms with Crippen LogP contribution in [0.15, 0.2) is 18.2 Å². The third-order valence-electron chi connectivity index (χ3n) is 3.66. The van der Waals surface area contributed by atoms with Crippen molar-refractivity contribution in [1.82, 2.24) is 5.32 Å². The molecule has 2 nitrogen and oxygen atoms in total. The smallest absolute Gasteiger partial charge is 0.251 e. The van der Waals surface area contributed by atoms with Crippen LogP contribution in [0.1, 0.15) is 48.2 Å². The molecule has 3 heteroatoms. The van der Waals surface area contributed by atoms with Crippen molar-refractivity contribution in [3.63, 3.8) is 0 Å². The van der Waals surface area contributed by atoms with E-state index in [1.807, 2.05) is 32.0 Å². The van der Waals surface area contributed by atoms with E-state index in [2.05, 4.69) is 35.1 Å². The summed E-state index contributed by atoms with van der Waals surface area (Å²) in [5, 5.41) is 3.03. The number of aryl methyl sites for hydroxylation is 2. The standard InChI is InChI=1S/C16H24BrNO/c1-5-13(6-2)15(17)10-18-16(19)14-9-11(3)7-8-12(14)4/h7-9,13,15H,5-6,10H2,1-4H3,(H,18,19). The molecule has 0 aliphatic carbocycles. The number of carbonyl (C=O) groups excluding carboxylic acids is 1. The second-order valence-corrected chi connectivity index (χ2v) is 6.30. The molecule has 106 valence electrons. The Balaban J connectivity index is 2.63. The first-order valence-corrected chi connectivity index (χ1v) is 7.90. The fourth-order valence-electron chi connectivity index (χ4n) is 2.23. The number of nitrogens with one attached hydrogen (secondary N) is 1. The van der Waals surface area contributed by atoms with E-state index in [1.54, 1.807) is 0 Å². The number of carbonyl (C=O) groups is 1. The minimum atomic E-state index is 0.0246. The van der Waals surface area contributed by atoms with Crippen LogP contribution in [0.25, 0.3) is 0 Å². The van der Waals surface area contributed by atoms with Gasteiger partial charge in [0.05, 0.1) is 0 Å². The molecular weight excluding hydrogens is 302 g/mol. The van der Waals surface area contributed by atoms with E-state index in [9.17, 15) is 4.79 Å². The van der Waals surface area contributed by atoms with Crippen LogP contribution in [0.2, 0.25) is 0 Å². The molecule has 0 aromatic heterocycles. The first kappa shape index (κ1) is 16.2. The molecule has 1 unspecified atom stereocenters. The number of halogens is 1. The van der Waals surface area contributed by atoms with Gasteiger partial charge in [0.25, 0.3) is 5.91 Å². The molecule has 1 rings (SSSR count). The van der Waals surface area contributed by atoms with E-state index in [0.717, 1.165) is 29.5 Å². The highest BCUT2D eigenvalue weighted by Crippen LogP contribution is 2.19. The van der Waals surface area contributed by atoms with Crippen LogP contribution in [-0.4, -0.2) is 17.3 Å². The van der Waals surface area contributed by atoms with E-state index in [-0.39, 0.29) is 5.91 Å². The number of hydrogen-bond acceptors (Lipinski definition) is 1. The van der Waals surface area contributed by atoms with Gasteiger partial charge in [-0.1, -0.05) is 60.3 Å². The van der Waals surface area contributed by atoms with Gasteiger partial charge in [-0.3, -0.25) is 4.79 Å². The average molecular weight is 326 g/mol. The molecule has 1 atom stereocenters. The lowest BCUT2D eigenvalue weighted by Crippen LogP contribution is -2.33. The molecule has 0 bridgehead atoms. The maximum absolute atomic E-state index is 12.2. The lowest BCUT2D eigenvalue weighted by Gasteiger charge is -2.20. The Morgan fingerprint density at radius 2 is 1.89 bits per heavy atom. The third-order valence-corrected chi connectivity index (χ3v) is 4.73. The summed E-state index contributed by atoms with van der Waals surface area (Å²) in [5.74, 6) is 0.635. The summed E-state index contributed by atoms with van der Waals surface area (Å²) in [4.78, 5) is 12.5. The first-order valence-electron chi connectivity index (χ1n) is 6.99. The van der Waals surface area contributed by atoms with E-state index < -0.39 is 0 Å². The van der Waals surface area contributed by atoms with Crippen molar-refractivity contribution in [1.29, 1.82) is 0 Å². The second-order valence-electron chi connectivity index (χ2n) is 5.12. The summed E-state index contributed by atoms with van der Waals surface area (Å²) in [6.45, 7) is 9.04. The highest BCUT2D eigenvalue weighted by Gasteiger charge is 2.17. The lowest BCUT2D eigenvalue weighted by atomic mass is 9.99. The molecule has 0 aliphatic rings. The van der Waals surface area contributed by atoms with Gasteiger partial charge in [0.2, 0.25) is 0 Å². The van der Waals surface area contributed by atoms with Gasteiger partial charge in [0.15, 0.2) is 0 Å². The SMILES string of the molecule is CCC(CC)C(Br)CNC(=O)c1cc(C)ccc1C. The first-order chi connectivity index (χ1) is 8.99. The summed E-state index contributed by atoms with van der Waals surface area (Å²) in [6, 6.07) is 5.98. The number of benzene rings is 1. The molecule has 0 saturated heterocycles. The molecule has 0 saturated carbocycles. The fraction of sp³-hybridized carbons (Fsp3) is 0.562. The predicted octanol–water partition coefficient (Wildman–Crippen LogP) is 4.23. The van der Waals surface area contributed by atoms with Gasteiger partial charge in [-0.05, 0) is 31.4 Å². The van der Waals surface area contributed by atoms with Crippen molar-refractivity contribution in [2.75, 3.05) is 6.54 Å². The van der Waals surface area contributed by atoms with E-state index in [1.165, 1.54) is 0 Å². The number of amides is 1. The van der Waals surface area contributed by atoms with Crippen LogP contribution < -0.4 is 5.32 Å². The fourth-order valence-corrected chi connectivity index (χ4v) is 3.14. The van der Waals surface area contributed by atoms with Crippen molar-refractivity contribution in [2.24, 2.45) is 5.92 Å². The molecule has 0 spiro atoms. The Kier molecular flexibility index (Phi) is 6.56. The molecule has 0 heterocycles. The predicted molar refractivity (Wildman–Crippen MR) is 85.0 cm³/mol. The maximum atomic E-state index is 12.2. The number of alkyl halides is 1. The summed E-state index contributed by atoms with van der Waals surface area (Å²) in [7, 11) is 0. The summed E-state index contributed by atoms with van der Waals surface area (Å²) in [5.41, 5.74) is 2.92.